The Morgan fingerprint density at radius 3 is 2.56 bits per heavy atom. The number of hydrogen-bond acceptors (Lipinski definition) is 6. The Morgan fingerprint density at radius 1 is 1.22 bits per heavy atom. The zero-order chi connectivity index (χ0) is 19.6. The molecule has 3 N–H and O–H groups in total. The van der Waals surface area contributed by atoms with Gasteiger partial charge in [0.05, 0.1) is 16.3 Å². The molecule has 0 fully saturated rings. The fraction of sp³-hybridized carbons (Fsp3) is 0. The summed E-state index contributed by atoms with van der Waals surface area (Å²) in [6, 6.07) is 12.9. The lowest BCUT2D eigenvalue weighted by molar-refractivity contribution is -0.384. The molecule has 136 valence electrons. The van der Waals surface area contributed by atoms with Gasteiger partial charge < -0.3 is 5.73 Å². The maximum atomic E-state index is 12.5. The first kappa shape index (κ1) is 18.4. The number of azo groups is 1. The molecule has 2 aromatic carbocycles. The number of benzene rings is 2. The molecule has 0 aliphatic carbocycles. The van der Waals surface area contributed by atoms with E-state index in [-0.39, 0.29) is 27.2 Å². The minimum atomic E-state index is -0.632. The first-order chi connectivity index (χ1) is 12.9. The van der Waals surface area contributed by atoms with Crippen LogP contribution in [0.5, 0.6) is 0 Å². The Hall–Kier alpha value is -3.37. The number of H-pyrrole nitrogens is 1. The van der Waals surface area contributed by atoms with Crippen molar-refractivity contribution in [1.82, 2.24) is 9.78 Å². The van der Waals surface area contributed by atoms with Crippen LogP contribution in [-0.4, -0.2) is 19.8 Å². The van der Waals surface area contributed by atoms with Crippen LogP contribution in [0.3, 0.4) is 0 Å². The summed E-state index contributed by atoms with van der Waals surface area (Å²) in [5, 5.41) is 21.5. The van der Waals surface area contributed by atoms with Gasteiger partial charge in [-0.3, -0.25) is 20.0 Å². The van der Waals surface area contributed by atoms with Crippen LogP contribution in [0.1, 0.15) is 0 Å². The third kappa shape index (κ3) is 3.76. The van der Waals surface area contributed by atoms with E-state index in [2.05, 4.69) is 15.3 Å². The molecule has 27 heavy (non-hydrogen) atoms. The third-order valence-corrected chi connectivity index (χ3v) is 4.04. The van der Waals surface area contributed by atoms with Crippen molar-refractivity contribution >= 4 is 46.0 Å². The van der Waals surface area contributed by atoms with Crippen LogP contribution in [0.2, 0.25) is 5.02 Å². The van der Waals surface area contributed by atoms with Gasteiger partial charge in [-0.05, 0) is 24.4 Å². The van der Waals surface area contributed by atoms with Gasteiger partial charge in [0.15, 0.2) is 10.8 Å². The van der Waals surface area contributed by atoms with Crippen LogP contribution in [-0.2, 0) is 0 Å². The van der Waals surface area contributed by atoms with Crippen molar-refractivity contribution in [1.29, 1.82) is 0 Å². The topological polar surface area (TPSA) is 132 Å². The van der Waals surface area contributed by atoms with E-state index < -0.39 is 10.5 Å². The average Bonchev–Trinajstić information content (AvgIpc) is 2.98. The lowest BCUT2D eigenvalue weighted by Crippen LogP contribution is -2.29. The van der Waals surface area contributed by atoms with Gasteiger partial charge in [0, 0.05) is 11.6 Å². The summed E-state index contributed by atoms with van der Waals surface area (Å²) in [4.78, 5) is 22.9. The van der Waals surface area contributed by atoms with Gasteiger partial charge in [0.25, 0.3) is 5.69 Å². The number of thiocarbonyl (C=S) groups is 1. The summed E-state index contributed by atoms with van der Waals surface area (Å²) >= 11 is 10.6. The molecule has 0 saturated heterocycles. The number of halogens is 1. The molecule has 0 amide bonds. The molecular formula is C16H11ClN6O3S. The number of nitrogens with one attached hydrogen (secondary N) is 1. The Kier molecular flexibility index (Phi) is 5.10. The number of rotatable bonds is 4. The van der Waals surface area contributed by atoms with Crippen LogP contribution in [0.15, 0.2) is 63.6 Å². The normalized spacial score (nSPS) is 11.0. The monoisotopic (exact) mass is 402 g/mol. The molecule has 0 saturated carbocycles. The predicted octanol–water partition coefficient (Wildman–Crippen LogP) is 3.91. The zero-order valence-corrected chi connectivity index (χ0v) is 15.1. The quantitative estimate of drug-likeness (QED) is 0.295. The van der Waals surface area contributed by atoms with Crippen molar-refractivity contribution in [2.75, 3.05) is 0 Å². The van der Waals surface area contributed by atoms with E-state index in [0.717, 1.165) is 10.7 Å². The van der Waals surface area contributed by atoms with Crippen molar-refractivity contribution in [3.05, 3.63) is 74.0 Å². The summed E-state index contributed by atoms with van der Waals surface area (Å²) < 4.78 is 0.969. The minimum absolute atomic E-state index is 0.0265. The van der Waals surface area contributed by atoms with Gasteiger partial charge in [-0.15, -0.1) is 5.11 Å². The summed E-state index contributed by atoms with van der Waals surface area (Å²) in [5.74, 6) is 0. The van der Waals surface area contributed by atoms with Gasteiger partial charge in [-0.1, -0.05) is 41.9 Å². The number of aromatic nitrogens is 2. The standard InChI is InChI=1S/C16H11ClN6O3S/c17-11-7-6-10(8-12(11)23(25)26)19-20-14-13(9-4-2-1-3-5-9)21-22(15(14)24)16(18)27/h1-8,21H,(H2,18,27). The number of nitrogens with two attached hydrogens (primary N) is 1. The molecule has 0 aliphatic rings. The fourth-order valence-electron chi connectivity index (χ4n) is 2.29. The van der Waals surface area contributed by atoms with Crippen LogP contribution in [0.4, 0.5) is 17.1 Å². The number of hydrogen-bond donors (Lipinski definition) is 2. The van der Waals surface area contributed by atoms with E-state index in [0.29, 0.717) is 11.3 Å². The summed E-state index contributed by atoms with van der Waals surface area (Å²) in [7, 11) is 0. The van der Waals surface area contributed by atoms with E-state index in [1.54, 1.807) is 24.3 Å². The molecule has 0 atom stereocenters. The molecule has 11 heteroatoms. The Bertz CT molecular complexity index is 1120. The average molecular weight is 403 g/mol. The van der Waals surface area contributed by atoms with E-state index in [1.165, 1.54) is 12.1 Å². The number of nitro benzene ring substituents is 1. The highest BCUT2D eigenvalue weighted by Crippen LogP contribution is 2.31. The molecule has 0 spiro atoms. The number of nitro groups is 1. The minimum Gasteiger partial charge on any atom is -0.374 e. The molecule has 9 nitrogen and oxygen atoms in total. The van der Waals surface area contributed by atoms with Crippen molar-refractivity contribution in [3.8, 4) is 11.3 Å². The molecule has 0 bridgehead atoms. The molecule has 3 aromatic rings. The smallest absolute Gasteiger partial charge is 0.301 e. The van der Waals surface area contributed by atoms with Gasteiger partial charge in [0.2, 0.25) is 0 Å². The number of nitrogens with zero attached hydrogens (tertiary/aromatic N) is 4. The number of aromatic amines is 1. The van der Waals surface area contributed by atoms with Gasteiger partial charge >= 0.3 is 5.56 Å². The van der Waals surface area contributed by atoms with Crippen molar-refractivity contribution in [3.63, 3.8) is 0 Å². The zero-order valence-electron chi connectivity index (χ0n) is 13.5. The molecule has 0 aliphatic heterocycles. The van der Waals surface area contributed by atoms with E-state index in [9.17, 15) is 14.9 Å². The van der Waals surface area contributed by atoms with Gasteiger partial charge in [-0.25, -0.2) is 0 Å². The highest BCUT2D eigenvalue weighted by atomic mass is 35.5. The molecule has 0 radical (unpaired) electrons. The molecular weight excluding hydrogens is 392 g/mol. The van der Waals surface area contributed by atoms with Crippen LogP contribution in [0, 0.1) is 10.1 Å². The Labute approximate surface area is 162 Å². The highest BCUT2D eigenvalue weighted by molar-refractivity contribution is 7.80. The molecule has 3 rings (SSSR count). The highest BCUT2D eigenvalue weighted by Gasteiger charge is 2.17. The predicted molar refractivity (Wildman–Crippen MR) is 105 cm³/mol. The maximum Gasteiger partial charge on any atom is 0.301 e. The first-order valence-corrected chi connectivity index (χ1v) is 8.23. The van der Waals surface area contributed by atoms with Crippen LogP contribution in [0.25, 0.3) is 11.3 Å². The lowest BCUT2D eigenvalue weighted by Gasteiger charge is -1.99. The largest absolute Gasteiger partial charge is 0.374 e. The van der Waals surface area contributed by atoms with Crippen LogP contribution >= 0.6 is 23.8 Å². The second kappa shape index (κ2) is 7.48. The maximum absolute atomic E-state index is 12.5. The lowest BCUT2D eigenvalue weighted by atomic mass is 10.1. The van der Waals surface area contributed by atoms with Crippen molar-refractivity contribution in [2.45, 2.75) is 0 Å². The summed E-state index contributed by atoms with van der Waals surface area (Å²) in [6.45, 7) is 0. The second-order valence-electron chi connectivity index (χ2n) is 5.27. The third-order valence-electron chi connectivity index (χ3n) is 3.54. The SMILES string of the molecule is NC(=S)n1[nH]c(-c2ccccc2)c(N=Nc2ccc(Cl)c([N+](=O)[O-])c2)c1=O. The van der Waals surface area contributed by atoms with Crippen molar-refractivity contribution < 1.29 is 4.92 Å². The second-order valence-corrected chi connectivity index (χ2v) is 6.10. The Balaban J connectivity index is 2.10. The van der Waals surface area contributed by atoms with E-state index in [4.69, 9.17) is 29.6 Å². The Morgan fingerprint density at radius 2 is 1.93 bits per heavy atom. The van der Waals surface area contributed by atoms with E-state index in [1.807, 2.05) is 6.07 Å². The molecule has 0 unspecified atom stereocenters. The van der Waals surface area contributed by atoms with Crippen LogP contribution < -0.4 is 11.3 Å². The van der Waals surface area contributed by atoms with Gasteiger partial charge in [-0.2, -0.15) is 9.80 Å². The van der Waals surface area contributed by atoms with E-state index >= 15 is 0 Å². The van der Waals surface area contributed by atoms with Gasteiger partial charge in [0.1, 0.15) is 5.02 Å². The molecule has 1 aromatic heterocycles. The fourth-order valence-corrected chi connectivity index (χ4v) is 2.61. The van der Waals surface area contributed by atoms with Crippen molar-refractivity contribution in [2.24, 2.45) is 16.0 Å². The summed E-state index contributed by atoms with van der Waals surface area (Å²) in [5.41, 5.74) is 5.80. The molecule has 1 heterocycles. The first-order valence-electron chi connectivity index (χ1n) is 7.44. The summed E-state index contributed by atoms with van der Waals surface area (Å²) in [6.07, 6.45) is 0.